The fourth-order valence-electron chi connectivity index (χ4n) is 2.80. The summed E-state index contributed by atoms with van der Waals surface area (Å²) in [5.41, 5.74) is 2.96. The molecule has 2 aromatic carbocycles. The first-order valence-corrected chi connectivity index (χ1v) is 9.41. The first-order chi connectivity index (χ1) is 13.8. The number of aromatic nitrogens is 2. The molecule has 0 amide bonds. The Morgan fingerprint density at radius 3 is 2.79 bits per heavy atom. The number of anilines is 1. The second kappa shape index (κ2) is 12.3. The number of aromatic amines is 1. The van der Waals surface area contributed by atoms with E-state index in [1.807, 2.05) is 48.5 Å². The van der Waals surface area contributed by atoms with Crippen molar-refractivity contribution >= 4 is 46.7 Å². The Morgan fingerprint density at radius 2 is 2.00 bits per heavy atom. The van der Waals surface area contributed by atoms with Crippen LogP contribution in [-0.2, 0) is 11.2 Å². The van der Waals surface area contributed by atoms with E-state index in [2.05, 4.69) is 25.6 Å². The van der Waals surface area contributed by atoms with E-state index in [4.69, 9.17) is 9.47 Å². The maximum Gasteiger partial charge on any atom is 0.195 e. The van der Waals surface area contributed by atoms with Crippen molar-refractivity contribution in [3.63, 3.8) is 0 Å². The van der Waals surface area contributed by atoms with Gasteiger partial charge in [0.05, 0.1) is 17.6 Å². The van der Waals surface area contributed by atoms with Crippen LogP contribution in [0.25, 0.3) is 11.0 Å². The quantitative estimate of drug-likeness (QED) is 0.177. The highest BCUT2D eigenvalue weighted by Crippen LogP contribution is 2.17. The second-order valence-electron chi connectivity index (χ2n) is 6.30. The summed E-state index contributed by atoms with van der Waals surface area (Å²) >= 11 is 0. The zero-order valence-corrected chi connectivity index (χ0v) is 19.1. The normalized spacial score (nSPS) is 11.2. The Balaban J connectivity index is 0.00000300. The molecule has 0 spiro atoms. The van der Waals surface area contributed by atoms with Crippen molar-refractivity contribution in [3.8, 4) is 5.75 Å². The van der Waals surface area contributed by atoms with Crippen molar-refractivity contribution in [2.45, 2.75) is 12.8 Å². The van der Waals surface area contributed by atoms with Crippen LogP contribution < -0.4 is 15.4 Å². The topological polar surface area (TPSA) is 83.6 Å². The number of halogens is 1. The van der Waals surface area contributed by atoms with Gasteiger partial charge in [-0.25, -0.2) is 4.98 Å². The molecule has 3 aromatic rings. The summed E-state index contributed by atoms with van der Waals surface area (Å²) in [4.78, 5) is 12.2. The molecule has 1 aromatic heterocycles. The number of ether oxygens (including phenoxy) is 2. The van der Waals surface area contributed by atoms with Gasteiger partial charge in [-0.2, -0.15) is 0 Å². The number of fused-ring (bicyclic) bond motifs is 1. The Kier molecular flexibility index (Phi) is 9.72. The molecule has 1 heterocycles. The van der Waals surface area contributed by atoms with Crippen LogP contribution in [0.2, 0.25) is 0 Å². The molecule has 0 saturated heterocycles. The average Bonchev–Trinajstić information content (AvgIpc) is 3.13. The minimum atomic E-state index is 0. The zero-order chi connectivity index (χ0) is 19.6. The predicted octanol–water partition coefficient (Wildman–Crippen LogP) is 3.83. The number of methoxy groups -OCH3 is 1. The van der Waals surface area contributed by atoms with E-state index in [1.165, 1.54) is 0 Å². The lowest BCUT2D eigenvalue weighted by Crippen LogP contribution is -2.32. The summed E-state index contributed by atoms with van der Waals surface area (Å²) < 4.78 is 10.8. The standard InChI is InChI=1S/C21H27N5O2.HI/c1-22-21(23-12-11-20-25-18-9-3-4-10-19(18)26-20)24-16-7-5-8-17(15-16)28-14-6-13-27-2;/h3-5,7-10,15H,6,11-14H2,1-2H3,(H,25,26)(H2,22,23,24);1H. The molecule has 8 heteroatoms. The first-order valence-electron chi connectivity index (χ1n) is 9.41. The van der Waals surface area contributed by atoms with Gasteiger partial charge < -0.3 is 25.1 Å². The maximum absolute atomic E-state index is 5.74. The Labute approximate surface area is 188 Å². The van der Waals surface area contributed by atoms with Crippen molar-refractivity contribution in [1.82, 2.24) is 15.3 Å². The SMILES string of the molecule is CN=C(NCCc1nc2ccccc2[nH]1)Nc1cccc(OCCCOC)c1.I. The van der Waals surface area contributed by atoms with Crippen molar-refractivity contribution in [2.24, 2.45) is 4.99 Å². The fourth-order valence-corrected chi connectivity index (χ4v) is 2.80. The molecule has 156 valence electrons. The van der Waals surface area contributed by atoms with Gasteiger partial charge in [-0.05, 0) is 24.3 Å². The number of guanidine groups is 1. The van der Waals surface area contributed by atoms with Gasteiger partial charge in [0.15, 0.2) is 5.96 Å². The Bertz CT molecular complexity index is 880. The lowest BCUT2D eigenvalue weighted by atomic mass is 10.3. The molecule has 3 N–H and O–H groups in total. The van der Waals surface area contributed by atoms with Crippen LogP contribution in [-0.4, -0.2) is 49.8 Å². The van der Waals surface area contributed by atoms with Gasteiger partial charge in [0.1, 0.15) is 11.6 Å². The monoisotopic (exact) mass is 509 g/mol. The van der Waals surface area contributed by atoms with Crippen molar-refractivity contribution in [2.75, 3.05) is 39.2 Å². The van der Waals surface area contributed by atoms with E-state index in [1.54, 1.807) is 14.2 Å². The third-order valence-corrected chi connectivity index (χ3v) is 4.17. The molecular formula is C21H28IN5O2. The third kappa shape index (κ3) is 7.21. The van der Waals surface area contributed by atoms with E-state index in [-0.39, 0.29) is 24.0 Å². The Hall–Kier alpha value is -2.33. The first kappa shape index (κ1) is 23.0. The van der Waals surface area contributed by atoms with E-state index in [9.17, 15) is 0 Å². The summed E-state index contributed by atoms with van der Waals surface area (Å²) in [5.74, 6) is 2.47. The van der Waals surface area contributed by atoms with Gasteiger partial charge in [0.2, 0.25) is 0 Å². The third-order valence-electron chi connectivity index (χ3n) is 4.17. The number of hydrogen-bond donors (Lipinski definition) is 3. The smallest absolute Gasteiger partial charge is 0.195 e. The number of para-hydroxylation sites is 2. The summed E-state index contributed by atoms with van der Waals surface area (Å²) in [6, 6.07) is 15.9. The summed E-state index contributed by atoms with van der Waals surface area (Å²) in [5, 5.41) is 6.60. The number of benzene rings is 2. The van der Waals surface area contributed by atoms with Gasteiger partial charge in [-0.1, -0.05) is 18.2 Å². The molecule has 0 unspecified atom stereocenters. The molecule has 0 radical (unpaired) electrons. The molecule has 0 atom stereocenters. The number of hydrogen-bond acceptors (Lipinski definition) is 4. The van der Waals surface area contributed by atoms with Crippen LogP contribution >= 0.6 is 24.0 Å². The van der Waals surface area contributed by atoms with Gasteiger partial charge in [-0.3, -0.25) is 4.99 Å². The van der Waals surface area contributed by atoms with Crippen LogP contribution in [0.1, 0.15) is 12.2 Å². The molecule has 3 rings (SSSR count). The van der Waals surface area contributed by atoms with E-state index in [0.717, 1.165) is 41.1 Å². The number of H-pyrrole nitrogens is 1. The molecule has 0 aliphatic rings. The van der Waals surface area contributed by atoms with Crippen LogP contribution in [0, 0.1) is 0 Å². The summed E-state index contributed by atoms with van der Waals surface area (Å²) in [6.07, 6.45) is 1.64. The predicted molar refractivity (Wildman–Crippen MR) is 129 cm³/mol. The number of nitrogens with one attached hydrogen (secondary N) is 3. The minimum Gasteiger partial charge on any atom is -0.493 e. The zero-order valence-electron chi connectivity index (χ0n) is 16.8. The van der Waals surface area contributed by atoms with Crippen LogP contribution in [0.5, 0.6) is 5.75 Å². The Morgan fingerprint density at radius 1 is 1.14 bits per heavy atom. The minimum absolute atomic E-state index is 0. The van der Waals surface area contributed by atoms with Crippen molar-refractivity contribution < 1.29 is 9.47 Å². The molecule has 7 nitrogen and oxygen atoms in total. The molecule has 0 fully saturated rings. The molecule has 29 heavy (non-hydrogen) atoms. The van der Waals surface area contributed by atoms with Crippen LogP contribution in [0.3, 0.4) is 0 Å². The molecule has 0 aliphatic carbocycles. The average molecular weight is 509 g/mol. The number of aliphatic imine (C=N–C) groups is 1. The lowest BCUT2D eigenvalue weighted by Gasteiger charge is -2.13. The van der Waals surface area contributed by atoms with Crippen molar-refractivity contribution in [1.29, 1.82) is 0 Å². The van der Waals surface area contributed by atoms with E-state index in [0.29, 0.717) is 25.7 Å². The fraction of sp³-hybridized carbons (Fsp3) is 0.333. The van der Waals surface area contributed by atoms with Gasteiger partial charge in [0, 0.05) is 51.9 Å². The molecule has 0 aliphatic heterocycles. The van der Waals surface area contributed by atoms with Crippen molar-refractivity contribution in [3.05, 3.63) is 54.4 Å². The summed E-state index contributed by atoms with van der Waals surface area (Å²) in [7, 11) is 3.44. The highest BCUT2D eigenvalue weighted by molar-refractivity contribution is 14.0. The van der Waals surface area contributed by atoms with Crippen LogP contribution in [0.4, 0.5) is 5.69 Å². The second-order valence-corrected chi connectivity index (χ2v) is 6.30. The van der Waals surface area contributed by atoms with E-state index < -0.39 is 0 Å². The number of imidazole rings is 1. The van der Waals surface area contributed by atoms with Crippen LogP contribution in [0.15, 0.2) is 53.5 Å². The lowest BCUT2D eigenvalue weighted by molar-refractivity contribution is 0.172. The molecular weight excluding hydrogens is 481 g/mol. The summed E-state index contributed by atoms with van der Waals surface area (Å²) in [6.45, 7) is 2.04. The van der Waals surface area contributed by atoms with Gasteiger partial charge in [-0.15, -0.1) is 24.0 Å². The maximum atomic E-state index is 5.74. The molecule has 0 bridgehead atoms. The molecule has 0 saturated carbocycles. The van der Waals surface area contributed by atoms with E-state index >= 15 is 0 Å². The number of rotatable bonds is 9. The largest absolute Gasteiger partial charge is 0.493 e. The van der Waals surface area contributed by atoms with Gasteiger partial charge in [0.25, 0.3) is 0 Å². The van der Waals surface area contributed by atoms with Gasteiger partial charge >= 0.3 is 0 Å². The highest BCUT2D eigenvalue weighted by atomic mass is 127. The number of nitrogens with zero attached hydrogens (tertiary/aromatic N) is 2. The highest BCUT2D eigenvalue weighted by Gasteiger charge is 2.04.